The number of hydrogen-bond donors (Lipinski definition) is 9. The molecule has 6 fully saturated rings. The van der Waals surface area contributed by atoms with E-state index in [1.165, 1.54) is 5.57 Å². The number of rotatable bonds is 11. The minimum absolute atomic E-state index is 0.0207. The molecule has 0 aromatic rings. The van der Waals surface area contributed by atoms with E-state index in [1.54, 1.807) is 0 Å². The average Bonchev–Trinajstić information content (AvgIpc) is 3.50. The molecule has 2 saturated heterocycles. The summed E-state index contributed by atoms with van der Waals surface area (Å²) in [5, 5.41) is 96.8. The van der Waals surface area contributed by atoms with Gasteiger partial charge < -0.3 is 64.9 Å². The maximum absolute atomic E-state index is 11.9. The monoisotopic (exact) mass is 784 g/mol. The third kappa shape index (κ3) is 7.20. The molecule has 0 spiro atoms. The maximum atomic E-state index is 11.9. The van der Waals surface area contributed by atoms with Crippen LogP contribution in [0.4, 0.5) is 0 Å². The van der Waals surface area contributed by atoms with Crippen molar-refractivity contribution in [1.29, 1.82) is 0 Å². The van der Waals surface area contributed by atoms with E-state index in [1.807, 2.05) is 6.92 Å². The first-order chi connectivity index (χ1) is 25.7. The number of fused-ring (bicyclic) bond motifs is 5. The molecular formula is C42H72O13. The van der Waals surface area contributed by atoms with E-state index in [0.717, 1.165) is 51.4 Å². The van der Waals surface area contributed by atoms with Gasteiger partial charge in [-0.25, -0.2) is 0 Å². The van der Waals surface area contributed by atoms with Crippen molar-refractivity contribution in [3.63, 3.8) is 0 Å². The molecule has 0 radical (unpaired) electrons. The summed E-state index contributed by atoms with van der Waals surface area (Å²) in [5.74, 6) is 0.975. The highest BCUT2D eigenvalue weighted by molar-refractivity contribution is 5.19. The first-order valence-corrected chi connectivity index (χ1v) is 20.9. The zero-order chi connectivity index (χ0) is 40.5. The molecule has 9 N–H and O–H groups in total. The quantitative estimate of drug-likeness (QED) is 0.109. The van der Waals surface area contributed by atoms with Gasteiger partial charge >= 0.3 is 0 Å². The van der Waals surface area contributed by atoms with Crippen LogP contribution in [0.3, 0.4) is 0 Å². The third-order valence-corrected chi connectivity index (χ3v) is 16.6. The fourth-order valence-electron chi connectivity index (χ4n) is 13.3. The summed E-state index contributed by atoms with van der Waals surface area (Å²) < 4.78 is 24.3. The van der Waals surface area contributed by atoms with Gasteiger partial charge in [-0.15, -0.1) is 0 Å². The van der Waals surface area contributed by atoms with Crippen molar-refractivity contribution in [3.8, 4) is 0 Å². The van der Waals surface area contributed by atoms with Gasteiger partial charge in [-0.3, -0.25) is 0 Å². The molecule has 0 aromatic carbocycles. The fourth-order valence-corrected chi connectivity index (χ4v) is 13.3. The summed E-state index contributed by atoms with van der Waals surface area (Å²) >= 11 is 0. The summed E-state index contributed by atoms with van der Waals surface area (Å²) in [6.45, 7) is 14.3. The van der Waals surface area contributed by atoms with Crippen LogP contribution in [-0.4, -0.2) is 139 Å². The highest BCUT2D eigenvalue weighted by atomic mass is 16.8. The molecule has 4 aliphatic carbocycles. The van der Waals surface area contributed by atoms with Crippen LogP contribution in [0.25, 0.3) is 0 Å². The first-order valence-electron chi connectivity index (χ1n) is 20.9. The largest absolute Gasteiger partial charge is 0.396 e. The van der Waals surface area contributed by atoms with E-state index in [2.05, 4.69) is 47.6 Å². The third-order valence-electron chi connectivity index (χ3n) is 16.6. The summed E-state index contributed by atoms with van der Waals surface area (Å²) in [4.78, 5) is 0. The van der Waals surface area contributed by atoms with E-state index in [4.69, 9.17) is 18.9 Å². The molecule has 6 aliphatic rings. The molecule has 19 atom stereocenters. The van der Waals surface area contributed by atoms with Gasteiger partial charge in [0.15, 0.2) is 12.6 Å². The Balaban J connectivity index is 1.23. The Kier molecular flexibility index (Phi) is 12.7. The van der Waals surface area contributed by atoms with Crippen molar-refractivity contribution in [2.24, 2.45) is 45.3 Å². The van der Waals surface area contributed by atoms with Crippen molar-refractivity contribution in [2.45, 2.75) is 186 Å². The van der Waals surface area contributed by atoms with Gasteiger partial charge in [-0.2, -0.15) is 0 Å². The Labute approximate surface area is 327 Å². The van der Waals surface area contributed by atoms with Gasteiger partial charge in [-0.1, -0.05) is 39.3 Å². The van der Waals surface area contributed by atoms with E-state index < -0.39 is 91.7 Å². The Morgan fingerprint density at radius 2 is 1.33 bits per heavy atom. The van der Waals surface area contributed by atoms with Gasteiger partial charge in [0.05, 0.1) is 24.9 Å². The van der Waals surface area contributed by atoms with Crippen LogP contribution in [0.15, 0.2) is 11.6 Å². The molecule has 0 amide bonds. The van der Waals surface area contributed by atoms with Crippen molar-refractivity contribution < 1.29 is 64.9 Å². The van der Waals surface area contributed by atoms with Gasteiger partial charge in [0, 0.05) is 12.0 Å². The van der Waals surface area contributed by atoms with E-state index >= 15 is 0 Å². The maximum Gasteiger partial charge on any atom is 0.187 e. The van der Waals surface area contributed by atoms with Crippen LogP contribution in [0.1, 0.15) is 113 Å². The fraction of sp³-hybridized carbons (Fsp3) is 0.952. The molecule has 2 aliphatic heterocycles. The normalized spacial score (nSPS) is 50.7. The number of aliphatic hydroxyl groups excluding tert-OH is 8. The van der Waals surface area contributed by atoms with E-state index in [9.17, 15) is 46.0 Å². The predicted molar refractivity (Wildman–Crippen MR) is 201 cm³/mol. The summed E-state index contributed by atoms with van der Waals surface area (Å²) in [5.41, 5.74) is -0.350. The van der Waals surface area contributed by atoms with Gasteiger partial charge in [0.1, 0.15) is 48.8 Å². The zero-order valence-electron chi connectivity index (χ0n) is 34.1. The minimum atomic E-state index is -1.76. The lowest BCUT2D eigenvalue weighted by molar-refractivity contribution is -0.379. The molecule has 13 nitrogen and oxygen atoms in total. The molecule has 0 aromatic heterocycles. The molecule has 0 bridgehead atoms. The lowest BCUT2D eigenvalue weighted by Crippen LogP contribution is -2.67. The number of hydrogen-bond acceptors (Lipinski definition) is 13. The van der Waals surface area contributed by atoms with Crippen molar-refractivity contribution >= 4 is 0 Å². The Bertz CT molecular complexity index is 1350. The van der Waals surface area contributed by atoms with Gasteiger partial charge in [-0.05, 0) is 125 Å². The van der Waals surface area contributed by atoms with Crippen LogP contribution in [0, 0.1) is 45.3 Å². The van der Waals surface area contributed by atoms with Crippen LogP contribution in [-0.2, 0) is 18.9 Å². The molecule has 4 saturated carbocycles. The SMILES string of the molecule is CC(C)=CCC[C@](C)(O)[C@H]1CC[C@]2(C)[C@@H]1CC[C@@H]1[C@]3(CO)CC[C@@H](O[C@@H]4O[C@H](CO)[C@@H](O)[C@H](O)[C@H]4O[C@@H]4O[C@H](CO)[C@@H](O)[C@H](O)[C@H]4O)C(C)(C)[C@H]3CC[C@]12C. The lowest BCUT2D eigenvalue weighted by atomic mass is 9.35. The Morgan fingerprint density at radius 3 is 1.95 bits per heavy atom. The zero-order valence-corrected chi connectivity index (χ0v) is 34.1. The standard InChI is InChI=1S/C42H72O13/c1-22(2)9-8-15-41(7,51)24-12-16-39(5)23(24)10-11-28-40(39,6)17-13-27-38(3,4)29(14-18-42(27,28)21-45)54-37-35(33(49)31(47)26(20-44)53-37)55-36-34(50)32(48)30(46)25(19-43)52-36/h9,23-37,43-51H,8,10-21H2,1-7H3/t23-,24+,25-,26-,27-,28+,29-,30-,31-,32+,33+,34-,35-,36+,37+,39-,40-,41+,42+/m1/s1. The number of allylic oxidation sites excluding steroid dienone is 2. The van der Waals surface area contributed by atoms with Crippen LogP contribution >= 0.6 is 0 Å². The molecule has 6 rings (SSSR count). The van der Waals surface area contributed by atoms with Crippen molar-refractivity contribution in [2.75, 3.05) is 19.8 Å². The van der Waals surface area contributed by atoms with E-state index in [0.29, 0.717) is 18.8 Å². The van der Waals surface area contributed by atoms with E-state index in [-0.39, 0.29) is 40.6 Å². The van der Waals surface area contributed by atoms with Crippen molar-refractivity contribution in [3.05, 3.63) is 11.6 Å². The van der Waals surface area contributed by atoms with Crippen molar-refractivity contribution in [1.82, 2.24) is 0 Å². The summed E-state index contributed by atoms with van der Waals surface area (Å²) in [7, 11) is 0. The molecule has 55 heavy (non-hydrogen) atoms. The lowest BCUT2D eigenvalue weighted by Gasteiger charge is -2.70. The number of ether oxygens (including phenoxy) is 4. The molecule has 13 heteroatoms. The van der Waals surface area contributed by atoms with Crippen LogP contribution in [0.5, 0.6) is 0 Å². The average molecular weight is 785 g/mol. The summed E-state index contributed by atoms with van der Waals surface area (Å²) in [6, 6.07) is 0. The van der Waals surface area contributed by atoms with Gasteiger partial charge in [0.25, 0.3) is 0 Å². The Hall–Kier alpha value is -0.780. The molecular weight excluding hydrogens is 712 g/mol. The van der Waals surface area contributed by atoms with Gasteiger partial charge in [0.2, 0.25) is 0 Å². The predicted octanol–water partition coefficient (Wildman–Crippen LogP) is 2.15. The van der Waals surface area contributed by atoms with Crippen LogP contribution < -0.4 is 0 Å². The second-order valence-corrected chi connectivity index (χ2v) is 19.9. The second-order valence-electron chi connectivity index (χ2n) is 19.9. The smallest absolute Gasteiger partial charge is 0.187 e. The molecule has 0 unspecified atom stereocenters. The van der Waals surface area contributed by atoms with Crippen LogP contribution in [0.2, 0.25) is 0 Å². The second kappa shape index (κ2) is 16.0. The Morgan fingerprint density at radius 1 is 0.709 bits per heavy atom. The topological polar surface area (TPSA) is 219 Å². The molecule has 2 heterocycles. The highest BCUT2D eigenvalue weighted by Gasteiger charge is 2.71. The first kappa shape index (κ1) is 43.8. The molecule has 318 valence electrons. The number of aliphatic hydroxyl groups is 9. The summed E-state index contributed by atoms with van der Waals surface area (Å²) in [6.07, 6.45) is -4.59. The minimum Gasteiger partial charge on any atom is -0.396 e. The highest BCUT2D eigenvalue weighted by Crippen LogP contribution is 2.76.